The minimum absolute atomic E-state index is 0.112. The Bertz CT molecular complexity index is 240. The summed E-state index contributed by atoms with van der Waals surface area (Å²) in [6.07, 6.45) is 9.72. The number of rotatable bonds is 9. The molecule has 112 valence electrons. The average Bonchev–Trinajstić information content (AvgIpc) is 2.40. The van der Waals surface area contributed by atoms with Crippen molar-refractivity contribution in [3.63, 3.8) is 0 Å². The molecule has 1 saturated carbocycles. The fraction of sp³-hybridized carbons (Fsp3) is 0.933. The fourth-order valence-corrected chi connectivity index (χ4v) is 2.77. The summed E-state index contributed by atoms with van der Waals surface area (Å²) in [7, 11) is 1.56. The lowest BCUT2D eigenvalue weighted by atomic mass is 9.86. The second-order valence-corrected chi connectivity index (χ2v) is 5.64. The van der Waals surface area contributed by atoms with E-state index < -0.39 is 6.10 Å². The molecular weight excluding hydrogens is 242 g/mol. The summed E-state index contributed by atoms with van der Waals surface area (Å²) in [6, 6.07) is 0. The summed E-state index contributed by atoms with van der Waals surface area (Å²) in [5.74, 6) is 0.963. The highest BCUT2D eigenvalue weighted by Gasteiger charge is 2.13. The number of nitrogens with one attached hydrogen (secondary N) is 1. The number of aliphatic hydroxyl groups excluding tert-OH is 1. The van der Waals surface area contributed by atoms with Gasteiger partial charge in [-0.1, -0.05) is 32.1 Å². The largest absolute Gasteiger partial charge is 0.391 e. The van der Waals surface area contributed by atoms with Crippen LogP contribution >= 0.6 is 0 Å². The quantitative estimate of drug-likeness (QED) is 0.676. The van der Waals surface area contributed by atoms with E-state index >= 15 is 0 Å². The standard InChI is InChI=1S/C15H29NO3/c1-19-12-14(17)10-11-16-15(18)9-5-8-13-6-3-2-4-7-13/h13-14,17H,2-12H2,1H3,(H,16,18). The lowest BCUT2D eigenvalue weighted by molar-refractivity contribution is -0.121. The number of carbonyl (C=O) groups excluding carboxylic acids is 1. The van der Waals surface area contributed by atoms with Crippen LogP contribution in [0.2, 0.25) is 0 Å². The minimum Gasteiger partial charge on any atom is -0.391 e. The van der Waals surface area contributed by atoms with Crippen molar-refractivity contribution in [3.8, 4) is 0 Å². The van der Waals surface area contributed by atoms with Gasteiger partial charge in [0.2, 0.25) is 5.91 Å². The second-order valence-electron chi connectivity index (χ2n) is 5.64. The van der Waals surface area contributed by atoms with Crippen molar-refractivity contribution in [2.24, 2.45) is 5.92 Å². The molecule has 1 fully saturated rings. The zero-order valence-corrected chi connectivity index (χ0v) is 12.2. The summed E-state index contributed by atoms with van der Waals surface area (Å²) in [5, 5.41) is 12.3. The number of ether oxygens (including phenoxy) is 1. The SMILES string of the molecule is COCC(O)CCNC(=O)CCCC1CCCCC1. The van der Waals surface area contributed by atoms with Crippen molar-refractivity contribution < 1.29 is 14.6 Å². The molecule has 0 saturated heterocycles. The van der Waals surface area contributed by atoms with Crippen molar-refractivity contribution >= 4 is 5.91 Å². The summed E-state index contributed by atoms with van der Waals surface area (Å²) < 4.78 is 4.83. The molecule has 0 aromatic carbocycles. The fourth-order valence-electron chi connectivity index (χ4n) is 2.77. The molecule has 1 amide bonds. The van der Waals surface area contributed by atoms with Gasteiger partial charge in [-0.2, -0.15) is 0 Å². The van der Waals surface area contributed by atoms with Crippen LogP contribution in [0.3, 0.4) is 0 Å². The first-order valence-electron chi connectivity index (χ1n) is 7.66. The zero-order valence-electron chi connectivity index (χ0n) is 12.2. The van der Waals surface area contributed by atoms with Crippen LogP contribution in [0.15, 0.2) is 0 Å². The predicted octanol–water partition coefficient (Wildman–Crippen LogP) is 2.25. The van der Waals surface area contributed by atoms with Gasteiger partial charge in [-0.3, -0.25) is 4.79 Å². The van der Waals surface area contributed by atoms with Gasteiger partial charge in [0.05, 0.1) is 12.7 Å². The first kappa shape index (κ1) is 16.4. The summed E-state index contributed by atoms with van der Waals surface area (Å²) in [4.78, 5) is 11.6. The lowest BCUT2D eigenvalue weighted by Crippen LogP contribution is -2.28. The Morgan fingerprint density at radius 3 is 2.79 bits per heavy atom. The number of methoxy groups -OCH3 is 1. The van der Waals surface area contributed by atoms with Crippen LogP contribution in [0.1, 0.15) is 57.8 Å². The van der Waals surface area contributed by atoms with Gasteiger partial charge in [0.1, 0.15) is 0 Å². The summed E-state index contributed by atoms with van der Waals surface area (Å²) in [6.45, 7) is 0.865. The van der Waals surface area contributed by atoms with Crippen LogP contribution in [-0.4, -0.2) is 37.4 Å². The Morgan fingerprint density at radius 1 is 1.37 bits per heavy atom. The minimum atomic E-state index is -0.479. The molecule has 0 aromatic rings. The Morgan fingerprint density at radius 2 is 2.11 bits per heavy atom. The van der Waals surface area contributed by atoms with E-state index in [1.54, 1.807) is 7.11 Å². The highest BCUT2D eigenvalue weighted by molar-refractivity contribution is 5.75. The van der Waals surface area contributed by atoms with E-state index in [0.717, 1.165) is 12.3 Å². The normalized spacial score (nSPS) is 18.2. The van der Waals surface area contributed by atoms with Gasteiger partial charge in [0.25, 0.3) is 0 Å². The number of aliphatic hydroxyl groups is 1. The molecule has 19 heavy (non-hydrogen) atoms. The molecule has 1 atom stereocenters. The number of amides is 1. The highest BCUT2D eigenvalue weighted by atomic mass is 16.5. The van der Waals surface area contributed by atoms with Crippen LogP contribution in [0, 0.1) is 5.92 Å². The van der Waals surface area contributed by atoms with Crippen LogP contribution in [0.4, 0.5) is 0 Å². The molecule has 1 aliphatic carbocycles. The van der Waals surface area contributed by atoms with E-state index in [2.05, 4.69) is 5.32 Å². The molecule has 0 spiro atoms. The molecule has 0 heterocycles. The Hall–Kier alpha value is -0.610. The average molecular weight is 271 g/mol. The summed E-state index contributed by atoms with van der Waals surface area (Å²) in [5.41, 5.74) is 0. The molecule has 2 N–H and O–H groups in total. The monoisotopic (exact) mass is 271 g/mol. The maximum atomic E-state index is 11.6. The topological polar surface area (TPSA) is 58.6 Å². The van der Waals surface area contributed by atoms with Gasteiger partial charge in [-0.05, 0) is 25.2 Å². The molecule has 0 aliphatic heterocycles. The Balaban J connectivity index is 1.95. The zero-order chi connectivity index (χ0) is 13.9. The third-order valence-electron chi connectivity index (χ3n) is 3.90. The van der Waals surface area contributed by atoms with Crippen LogP contribution in [0.5, 0.6) is 0 Å². The van der Waals surface area contributed by atoms with E-state index in [4.69, 9.17) is 4.74 Å². The number of hydrogen-bond donors (Lipinski definition) is 2. The first-order valence-corrected chi connectivity index (χ1v) is 7.66. The molecule has 1 unspecified atom stereocenters. The smallest absolute Gasteiger partial charge is 0.219 e. The predicted molar refractivity (Wildman–Crippen MR) is 75.9 cm³/mol. The van der Waals surface area contributed by atoms with Crippen molar-refractivity contribution in [2.75, 3.05) is 20.3 Å². The summed E-state index contributed by atoms with van der Waals surface area (Å²) >= 11 is 0. The van der Waals surface area contributed by atoms with E-state index in [-0.39, 0.29) is 5.91 Å². The molecule has 0 aromatic heterocycles. The van der Waals surface area contributed by atoms with E-state index in [9.17, 15) is 9.90 Å². The van der Waals surface area contributed by atoms with Crippen LogP contribution < -0.4 is 5.32 Å². The molecule has 0 radical (unpaired) electrons. The molecule has 0 bridgehead atoms. The maximum absolute atomic E-state index is 11.6. The van der Waals surface area contributed by atoms with E-state index in [1.807, 2.05) is 0 Å². The van der Waals surface area contributed by atoms with Gasteiger partial charge in [-0.15, -0.1) is 0 Å². The molecule has 1 aliphatic rings. The third kappa shape index (κ3) is 8.22. The van der Waals surface area contributed by atoms with Crippen LogP contribution in [-0.2, 0) is 9.53 Å². The molecule has 4 heteroatoms. The molecular formula is C15H29NO3. The Labute approximate surface area is 116 Å². The first-order chi connectivity index (χ1) is 9.22. The second kappa shape index (κ2) is 10.2. The van der Waals surface area contributed by atoms with Gasteiger partial charge in [0.15, 0.2) is 0 Å². The number of carbonyl (C=O) groups is 1. The van der Waals surface area contributed by atoms with E-state index in [0.29, 0.717) is 26.0 Å². The van der Waals surface area contributed by atoms with Crippen molar-refractivity contribution in [2.45, 2.75) is 63.9 Å². The van der Waals surface area contributed by atoms with Crippen molar-refractivity contribution in [1.29, 1.82) is 0 Å². The highest BCUT2D eigenvalue weighted by Crippen LogP contribution is 2.27. The van der Waals surface area contributed by atoms with Crippen LogP contribution in [0.25, 0.3) is 0 Å². The van der Waals surface area contributed by atoms with E-state index in [1.165, 1.54) is 38.5 Å². The number of hydrogen-bond acceptors (Lipinski definition) is 3. The van der Waals surface area contributed by atoms with Gasteiger partial charge < -0.3 is 15.2 Å². The van der Waals surface area contributed by atoms with Gasteiger partial charge >= 0.3 is 0 Å². The lowest BCUT2D eigenvalue weighted by Gasteiger charge is -2.21. The van der Waals surface area contributed by atoms with Gasteiger partial charge in [0, 0.05) is 20.1 Å². The van der Waals surface area contributed by atoms with Gasteiger partial charge in [-0.25, -0.2) is 0 Å². The maximum Gasteiger partial charge on any atom is 0.219 e. The van der Waals surface area contributed by atoms with Crippen molar-refractivity contribution in [1.82, 2.24) is 5.32 Å². The Kier molecular flexibility index (Phi) is 8.84. The van der Waals surface area contributed by atoms with Crippen molar-refractivity contribution in [3.05, 3.63) is 0 Å². The molecule has 1 rings (SSSR count). The third-order valence-corrected chi connectivity index (χ3v) is 3.90. The molecule has 4 nitrogen and oxygen atoms in total.